The van der Waals surface area contributed by atoms with Crippen LogP contribution in [0.3, 0.4) is 0 Å². The number of carbonyl (C=O) groups is 1. The second-order valence-corrected chi connectivity index (χ2v) is 3.33. The van der Waals surface area contributed by atoms with Gasteiger partial charge in [-0.1, -0.05) is 6.92 Å². The van der Waals surface area contributed by atoms with E-state index in [4.69, 9.17) is 5.73 Å². The van der Waals surface area contributed by atoms with E-state index >= 15 is 0 Å². The molecule has 1 aliphatic carbocycles. The fourth-order valence-corrected chi connectivity index (χ4v) is 1.19. The van der Waals surface area contributed by atoms with E-state index in [0.717, 1.165) is 13.0 Å². The fraction of sp³-hybridized carbons (Fsp3) is 0.875. The van der Waals surface area contributed by atoms with Crippen molar-refractivity contribution in [3.63, 3.8) is 0 Å². The van der Waals surface area contributed by atoms with Gasteiger partial charge in [-0.25, -0.2) is 0 Å². The predicted octanol–water partition coefficient (Wildman–Crippen LogP) is 0.251. The molecule has 1 saturated carbocycles. The third kappa shape index (κ3) is 2.19. The number of nitrogens with two attached hydrogens (primary N) is 1. The average Bonchev–Trinajstić information content (AvgIpc) is 2.81. The van der Waals surface area contributed by atoms with Crippen molar-refractivity contribution in [1.29, 1.82) is 0 Å². The molecule has 11 heavy (non-hydrogen) atoms. The molecule has 0 radical (unpaired) electrons. The van der Waals surface area contributed by atoms with Gasteiger partial charge in [0.2, 0.25) is 5.91 Å². The average molecular weight is 156 g/mol. The Balaban J connectivity index is 2.16. The zero-order valence-corrected chi connectivity index (χ0v) is 7.02. The third-order valence-corrected chi connectivity index (χ3v) is 2.55. The van der Waals surface area contributed by atoms with Gasteiger partial charge in [0.15, 0.2) is 0 Å². The molecule has 0 atom stereocenters. The second-order valence-electron chi connectivity index (χ2n) is 3.33. The normalized spacial score (nSPS) is 19.5. The van der Waals surface area contributed by atoms with Crippen LogP contribution in [0, 0.1) is 5.41 Å². The van der Waals surface area contributed by atoms with Crippen molar-refractivity contribution < 1.29 is 4.79 Å². The van der Waals surface area contributed by atoms with Crippen LogP contribution >= 0.6 is 0 Å². The van der Waals surface area contributed by atoms with E-state index in [0.29, 0.717) is 5.41 Å². The summed E-state index contributed by atoms with van der Waals surface area (Å²) in [5.74, 6) is -0.0373. The van der Waals surface area contributed by atoms with E-state index in [1.54, 1.807) is 0 Å². The van der Waals surface area contributed by atoms with E-state index in [-0.39, 0.29) is 12.5 Å². The Kier molecular flexibility index (Phi) is 2.49. The summed E-state index contributed by atoms with van der Waals surface area (Å²) < 4.78 is 0. The maximum atomic E-state index is 10.8. The summed E-state index contributed by atoms with van der Waals surface area (Å²) in [6.45, 7) is 3.10. The largest absolute Gasteiger partial charge is 0.354 e. The van der Waals surface area contributed by atoms with Gasteiger partial charge in [-0.2, -0.15) is 0 Å². The Morgan fingerprint density at radius 2 is 2.27 bits per heavy atom. The van der Waals surface area contributed by atoms with Gasteiger partial charge < -0.3 is 11.1 Å². The van der Waals surface area contributed by atoms with Gasteiger partial charge in [-0.3, -0.25) is 4.79 Å². The van der Waals surface area contributed by atoms with Crippen molar-refractivity contribution in [1.82, 2.24) is 5.32 Å². The number of nitrogens with one attached hydrogen (secondary N) is 1. The van der Waals surface area contributed by atoms with E-state index in [9.17, 15) is 4.79 Å². The first kappa shape index (κ1) is 8.53. The molecular formula is C8H16N2O. The summed E-state index contributed by atoms with van der Waals surface area (Å²) >= 11 is 0. The van der Waals surface area contributed by atoms with Crippen LogP contribution in [-0.2, 0) is 4.79 Å². The van der Waals surface area contributed by atoms with E-state index < -0.39 is 0 Å². The lowest BCUT2D eigenvalue weighted by molar-refractivity contribution is -0.120. The standard InChI is InChI=1S/C8H16N2O/c1-2-8(3-4-8)6-10-7(11)5-9/h2-6,9H2,1H3,(H,10,11). The summed E-state index contributed by atoms with van der Waals surface area (Å²) in [5.41, 5.74) is 5.59. The van der Waals surface area contributed by atoms with Gasteiger partial charge in [0, 0.05) is 6.54 Å². The topological polar surface area (TPSA) is 55.1 Å². The summed E-state index contributed by atoms with van der Waals surface area (Å²) in [6.07, 6.45) is 3.68. The van der Waals surface area contributed by atoms with Gasteiger partial charge in [-0.05, 0) is 24.7 Å². The minimum atomic E-state index is -0.0373. The lowest BCUT2D eigenvalue weighted by Gasteiger charge is -2.12. The van der Waals surface area contributed by atoms with E-state index in [1.165, 1.54) is 12.8 Å². The maximum Gasteiger partial charge on any atom is 0.233 e. The van der Waals surface area contributed by atoms with Crippen LogP contribution in [0.1, 0.15) is 26.2 Å². The summed E-state index contributed by atoms with van der Waals surface area (Å²) in [6, 6.07) is 0. The Hall–Kier alpha value is -0.570. The number of hydrogen-bond acceptors (Lipinski definition) is 2. The smallest absolute Gasteiger partial charge is 0.233 e. The summed E-state index contributed by atoms with van der Waals surface area (Å²) in [5, 5.41) is 2.82. The molecule has 0 bridgehead atoms. The molecule has 1 rings (SSSR count). The molecule has 3 heteroatoms. The molecule has 64 valence electrons. The molecule has 3 nitrogen and oxygen atoms in total. The van der Waals surface area contributed by atoms with E-state index in [2.05, 4.69) is 12.2 Å². The molecule has 0 aliphatic heterocycles. The van der Waals surface area contributed by atoms with Crippen LogP contribution in [0.4, 0.5) is 0 Å². The molecular weight excluding hydrogens is 140 g/mol. The van der Waals surface area contributed by atoms with Gasteiger partial charge in [0.25, 0.3) is 0 Å². The highest BCUT2D eigenvalue weighted by Gasteiger charge is 2.40. The second kappa shape index (κ2) is 3.22. The molecule has 1 amide bonds. The Bertz CT molecular complexity index is 152. The first-order valence-corrected chi connectivity index (χ1v) is 4.19. The Morgan fingerprint density at radius 1 is 1.64 bits per heavy atom. The minimum Gasteiger partial charge on any atom is -0.354 e. The molecule has 1 fully saturated rings. The molecule has 0 aromatic rings. The molecule has 3 N–H and O–H groups in total. The van der Waals surface area contributed by atoms with Gasteiger partial charge >= 0.3 is 0 Å². The molecule has 0 aromatic carbocycles. The van der Waals surface area contributed by atoms with Crippen LogP contribution in [0.15, 0.2) is 0 Å². The highest BCUT2D eigenvalue weighted by molar-refractivity contribution is 5.77. The van der Waals surface area contributed by atoms with Crippen molar-refractivity contribution in [3.05, 3.63) is 0 Å². The van der Waals surface area contributed by atoms with Gasteiger partial charge in [0.05, 0.1) is 6.54 Å². The van der Waals surface area contributed by atoms with Crippen LogP contribution in [0.5, 0.6) is 0 Å². The predicted molar refractivity (Wildman–Crippen MR) is 44.0 cm³/mol. The number of carbonyl (C=O) groups excluding carboxylic acids is 1. The quantitative estimate of drug-likeness (QED) is 0.613. The summed E-state index contributed by atoms with van der Waals surface area (Å²) in [7, 11) is 0. The van der Waals surface area contributed by atoms with Crippen molar-refractivity contribution >= 4 is 5.91 Å². The Labute approximate surface area is 67.3 Å². The van der Waals surface area contributed by atoms with Crippen molar-refractivity contribution in [2.45, 2.75) is 26.2 Å². The number of hydrogen-bond donors (Lipinski definition) is 2. The third-order valence-electron chi connectivity index (χ3n) is 2.55. The molecule has 0 heterocycles. The van der Waals surface area contributed by atoms with Crippen LogP contribution < -0.4 is 11.1 Å². The summed E-state index contributed by atoms with van der Waals surface area (Å²) in [4.78, 5) is 10.8. The van der Waals surface area contributed by atoms with Crippen molar-refractivity contribution in [2.75, 3.05) is 13.1 Å². The first-order chi connectivity index (χ1) is 5.22. The van der Waals surface area contributed by atoms with Crippen LogP contribution in [0.25, 0.3) is 0 Å². The van der Waals surface area contributed by atoms with Gasteiger partial charge in [-0.15, -0.1) is 0 Å². The van der Waals surface area contributed by atoms with Crippen molar-refractivity contribution in [2.24, 2.45) is 11.1 Å². The van der Waals surface area contributed by atoms with Crippen LogP contribution in [-0.4, -0.2) is 19.0 Å². The molecule has 0 saturated heterocycles. The lowest BCUT2D eigenvalue weighted by atomic mass is 10.0. The highest BCUT2D eigenvalue weighted by atomic mass is 16.1. The number of amides is 1. The Morgan fingerprint density at radius 3 is 2.64 bits per heavy atom. The monoisotopic (exact) mass is 156 g/mol. The highest BCUT2D eigenvalue weighted by Crippen LogP contribution is 2.47. The van der Waals surface area contributed by atoms with Crippen LogP contribution in [0.2, 0.25) is 0 Å². The molecule has 0 spiro atoms. The zero-order chi connectivity index (χ0) is 8.32. The van der Waals surface area contributed by atoms with E-state index in [1.807, 2.05) is 0 Å². The fourth-order valence-electron chi connectivity index (χ4n) is 1.19. The van der Waals surface area contributed by atoms with Crippen molar-refractivity contribution in [3.8, 4) is 0 Å². The lowest BCUT2D eigenvalue weighted by Crippen LogP contribution is -2.34. The first-order valence-electron chi connectivity index (χ1n) is 4.19. The minimum absolute atomic E-state index is 0.0373. The molecule has 0 unspecified atom stereocenters. The molecule has 0 aromatic heterocycles. The SMILES string of the molecule is CCC1(CNC(=O)CN)CC1. The maximum absolute atomic E-state index is 10.8. The zero-order valence-electron chi connectivity index (χ0n) is 7.02. The van der Waals surface area contributed by atoms with Gasteiger partial charge in [0.1, 0.15) is 0 Å². The number of rotatable bonds is 4. The molecule has 1 aliphatic rings.